The van der Waals surface area contributed by atoms with E-state index in [1.165, 1.54) is 0 Å². The summed E-state index contributed by atoms with van der Waals surface area (Å²) < 4.78 is 1.88. The first-order valence-corrected chi connectivity index (χ1v) is 7.31. The van der Waals surface area contributed by atoms with E-state index in [1.54, 1.807) is 6.20 Å². The van der Waals surface area contributed by atoms with Crippen LogP contribution in [0, 0.1) is 5.92 Å². The number of aryl methyl sites for hydroxylation is 1. The molecule has 0 radical (unpaired) electrons. The van der Waals surface area contributed by atoms with Crippen molar-refractivity contribution < 1.29 is 4.79 Å². The first-order valence-electron chi connectivity index (χ1n) is 6.68. The van der Waals surface area contributed by atoms with Crippen LogP contribution in [0.25, 0.3) is 0 Å². The van der Waals surface area contributed by atoms with Gasteiger partial charge in [-0.25, -0.2) is 0 Å². The molecule has 1 fully saturated rings. The molecule has 2 rings (SSSR count). The summed E-state index contributed by atoms with van der Waals surface area (Å²) in [5, 5.41) is 7.19. The summed E-state index contributed by atoms with van der Waals surface area (Å²) in [4.78, 5) is 14.6. The summed E-state index contributed by atoms with van der Waals surface area (Å²) in [7, 11) is 4.04. The molecule has 1 amide bonds. The molecule has 1 aliphatic heterocycles. The van der Waals surface area contributed by atoms with E-state index in [9.17, 15) is 4.79 Å². The first-order chi connectivity index (χ1) is 9.13. The van der Waals surface area contributed by atoms with Crippen LogP contribution >= 0.6 is 12.6 Å². The van der Waals surface area contributed by atoms with E-state index in [4.69, 9.17) is 0 Å². The third-order valence-corrected chi connectivity index (χ3v) is 4.03. The minimum Gasteiger partial charge on any atom is -0.355 e. The first kappa shape index (κ1) is 14.4. The molecule has 6 heteroatoms. The number of carbonyl (C=O) groups excluding carboxylic acids is 1. The minimum atomic E-state index is 0.0338. The topological polar surface area (TPSA) is 50.2 Å². The fourth-order valence-electron chi connectivity index (χ4n) is 2.79. The van der Waals surface area contributed by atoms with E-state index in [1.807, 2.05) is 17.8 Å². The Morgan fingerprint density at radius 3 is 3.00 bits per heavy atom. The second-order valence-corrected chi connectivity index (χ2v) is 5.61. The monoisotopic (exact) mass is 282 g/mol. The Bertz CT molecular complexity index is 434. The summed E-state index contributed by atoms with van der Waals surface area (Å²) >= 11 is 4.14. The number of aromatic nitrogens is 2. The molecule has 2 atom stereocenters. The quantitative estimate of drug-likeness (QED) is 0.791. The molecule has 1 saturated heterocycles. The van der Waals surface area contributed by atoms with Gasteiger partial charge in [-0.1, -0.05) is 0 Å². The van der Waals surface area contributed by atoms with Gasteiger partial charge in [0.05, 0.1) is 0 Å². The van der Waals surface area contributed by atoms with Crippen LogP contribution in [0.5, 0.6) is 0 Å². The highest BCUT2D eigenvalue weighted by Crippen LogP contribution is 2.31. The molecule has 2 unspecified atom stereocenters. The van der Waals surface area contributed by atoms with Crippen LogP contribution < -0.4 is 5.32 Å². The zero-order chi connectivity index (χ0) is 13.8. The molecular formula is C13H22N4OS. The summed E-state index contributed by atoms with van der Waals surface area (Å²) in [5.74, 6) is 1.07. The lowest BCUT2D eigenvalue weighted by atomic mass is 9.82. The number of carbonyl (C=O) groups is 1. The fourth-order valence-corrected chi connectivity index (χ4v) is 2.90. The molecule has 2 heterocycles. The Balaban J connectivity index is 2.15. The van der Waals surface area contributed by atoms with Gasteiger partial charge < -0.3 is 10.2 Å². The van der Waals surface area contributed by atoms with Crippen LogP contribution in [0.1, 0.15) is 18.0 Å². The van der Waals surface area contributed by atoms with Crippen LogP contribution in [0.15, 0.2) is 12.3 Å². The van der Waals surface area contributed by atoms with Crippen molar-refractivity contribution in [2.24, 2.45) is 13.0 Å². The van der Waals surface area contributed by atoms with Gasteiger partial charge in [0.1, 0.15) is 0 Å². The molecule has 0 saturated carbocycles. The molecular weight excluding hydrogens is 260 g/mol. The second kappa shape index (κ2) is 6.43. The van der Waals surface area contributed by atoms with Crippen LogP contribution in [-0.4, -0.2) is 53.0 Å². The molecule has 19 heavy (non-hydrogen) atoms. The van der Waals surface area contributed by atoms with Crippen molar-refractivity contribution in [2.75, 3.05) is 32.4 Å². The van der Waals surface area contributed by atoms with Gasteiger partial charge in [0, 0.05) is 49.6 Å². The number of hydrogen-bond acceptors (Lipinski definition) is 4. The van der Waals surface area contributed by atoms with Crippen molar-refractivity contribution in [3.05, 3.63) is 18.0 Å². The van der Waals surface area contributed by atoms with Crippen molar-refractivity contribution in [1.29, 1.82) is 0 Å². The number of piperidine rings is 1. The molecule has 1 N–H and O–H groups in total. The number of rotatable bonds is 4. The molecule has 0 spiro atoms. The van der Waals surface area contributed by atoms with Crippen molar-refractivity contribution >= 4 is 18.5 Å². The molecule has 1 aliphatic rings. The van der Waals surface area contributed by atoms with Crippen molar-refractivity contribution in [2.45, 2.75) is 12.3 Å². The van der Waals surface area contributed by atoms with E-state index in [2.05, 4.69) is 35.0 Å². The van der Waals surface area contributed by atoms with E-state index < -0.39 is 0 Å². The highest BCUT2D eigenvalue weighted by atomic mass is 32.1. The predicted octanol–water partition coefficient (Wildman–Crippen LogP) is 0.501. The van der Waals surface area contributed by atoms with Gasteiger partial charge in [0.15, 0.2) is 0 Å². The van der Waals surface area contributed by atoms with Gasteiger partial charge >= 0.3 is 0 Å². The smallest absolute Gasteiger partial charge is 0.223 e. The number of likely N-dealkylation sites (tertiary alicyclic amines) is 1. The normalized spacial score (nSPS) is 24.4. The highest BCUT2D eigenvalue weighted by Gasteiger charge is 2.35. The van der Waals surface area contributed by atoms with Crippen LogP contribution in [0.2, 0.25) is 0 Å². The predicted molar refractivity (Wildman–Crippen MR) is 78.4 cm³/mol. The van der Waals surface area contributed by atoms with Crippen LogP contribution in [0.3, 0.4) is 0 Å². The third kappa shape index (κ3) is 3.30. The SMILES string of the molecule is CN1CCC(C(=O)NCCS)C(c2ccnn2C)C1. The zero-order valence-corrected chi connectivity index (χ0v) is 12.4. The van der Waals surface area contributed by atoms with E-state index >= 15 is 0 Å². The molecule has 0 bridgehead atoms. The average molecular weight is 282 g/mol. The van der Waals surface area contributed by atoms with Crippen molar-refractivity contribution in [3.63, 3.8) is 0 Å². The maximum absolute atomic E-state index is 12.3. The Hall–Kier alpha value is -1.01. The fraction of sp³-hybridized carbons (Fsp3) is 0.692. The zero-order valence-electron chi connectivity index (χ0n) is 11.5. The molecule has 1 aromatic rings. The van der Waals surface area contributed by atoms with Gasteiger partial charge in [0.25, 0.3) is 0 Å². The van der Waals surface area contributed by atoms with E-state index in [0.717, 1.165) is 25.2 Å². The van der Waals surface area contributed by atoms with Crippen LogP contribution in [-0.2, 0) is 11.8 Å². The molecule has 106 valence electrons. The number of nitrogens with zero attached hydrogens (tertiary/aromatic N) is 3. The largest absolute Gasteiger partial charge is 0.355 e. The standard InChI is InChI=1S/C13H22N4OS/c1-16-7-4-10(13(18)14-6-8-19)11(9-16)12-3-5-15-17(12)2/h3,5,10-11,19H,4,6-9H2,1-2H3,(H,14,18). The van der Waals surface area contributed by atoms with Gasteiger partial charge in [-0.05, 0) is 26.1 Å². The Kier molecular flexibility index (Phi) is 4.87. The van der Waals surface area contributed by atoms with Gasteiger partial charge in [-0.2, -0.15) is 17.7 Å². The van der Waals surface area contributed by atoms with Crippen molar-refractivity contribution in [3.8, 4) is 0 Å². The molecule has 5 nitrogen and oxygen atoms in total. The number of amides is 1. The average Bonchev–Trinajstić information content (AvgIpc) is 2.82. The third-order valence-electron chi connectivity index (χ3n) is 3.80. The number of likely N-dealkylation sites (N-methyl/N-ethyl adjacent to an activating group) is 1. The van der Waals surface area contributed by atoms with Gasteiger partial charge in [-0.15, -0.1) is 0 Å². The van der Waals surface area contributed by atoms with E-state index in [0.29, 0.717) is 12.3 Å². The lowest BCUT2D eigenvalue weighted by Gasteiger charge is -2.35. The molecule has 0 aliphatic carbocycles. The van der Waals surface area contributed by atoms with Crippen LogP contribution in [0.4, 0.5) is 0 Å². The Morgan fingerprint density at radius 2 is 2.37 bits per heavy atom. The lowest BCUT2D eigenvalue weighted by molar-refractivity contribution is -0.127. The van der Waals surface area contributed by atoms with Gasteiger partial charge in [0.2, 0.25) is 5.91 Å². The molecule has 1 aromatic heterocycles. The maximum atomic E-state index is 12.3. The maximum Gasteiger partial charge on any atom is 0.223 e. The summed E-state index contributed by atoms with van der Waals surface area (Å²) in [5.41, 5.74) is 1.14. The summed E-state index contributed by atoms with van der Waals surface area (Å²) in [6.45, 7) is 2.50. The van der Waals surface area contributed by atoms with E-state index in [-0.39, 0.29) is 17.7 Å². The summed E-state index contributed by atoms with van der Waals surface area (Å²) in [6.07, 6.45) is 2.69. The number of thiol groups is 1. The highest BCUT2D eigenvalue weighted by molar-refractivity contribution is 7.80. The number of nitrogens with one attached hydrogen (secondary N) is 1. The second-order valence-electron chi connectivity index (χ2n) is 5.16. The molecule has 0 aromatic carbocycles. The summed E-state index contributed by atoms with van der Waals surface area (Å²) in [6, 6.07) is 2.02. The minimum absolute atomic E-state index is 0.0338. The van der Waals surface area contributed by atoms with Gasteiger partial charge in [-0.3, -0.25) is 9.48 Å². The lowest BCUT2D eigenvalue weighted by Crippen LogP contribution is -2.44. The Morgan fingerprint density at radius 1 is 1.58 bits per heavy atom. The Labute approximate surface area is 119 Å². The van der Waals surface area contributed by atoms with Crippen molar-refractivity contribution in [1.82, 2.24) is 20.0 Å². The number of hydrogen-bond donors (Lipinski definition) is 2.